The Bertz CT molecular complexity index is 423. The molecule has 0 amide bonds. The summed E-state index contributed by atoms with van der Waals surface area (Å²) in [6, 6.07) is 7.64. The molecule has 1 aromatic carbocycles. The van der Waals surface area contributed by atoms with Crippen LogP contribution in [0.5, 0.6) is 0 Å². The van der Waals surface area contributed by atoms with Gasteiger partial charge in [0.2, 0.25) is 0 Å². The van der Waals surface area contributed by atoms with Crippen LogP contribution in [0, 0.1) is 11.3 Å². The Labute approximate surface area is 108 Å². The van der Waals surface area contributed by atoms with Crippen LogP contribution in [0.1, 0.15) is 38.7 Å². The first-order chi connectivity index (χ1) is 8.00. The zero-order valence-electron chi connectivity index (χ0n) is 10.5. The predicted molar refractivity (Wildman–Crippen MR) is 71.3 cm³/mol. The maximum Gasteiger partial charge on any atom is 0.140 e. The van der Waals surface area contributed by atoms with Gasteiger partial charge in [0.1, 0.15) is 5.78 Å². The van der Waals surface area contributed by atoms with Crippen LogP contribution in [0.3, 0.4) is 0 Å². The quantitative estimate of drug-likeness (QED) is 0.783. The van der Waals surface area contributed by atoms with E-state index in [4.69, 9.17) is 11.6 Å². The van der Waals surface area contributed by atoms with Crippen LogP contribution in [-0.4, -0.2) is 5.78 Å². The highest BCUT2D eigenvalue weighted by Gasteiger charge is 2.38. The second-order valence-electron chi connectivity index (χ2n) is 5.67. The van der Waals surface area contributed by atoms with Gasteiger partial charge in [-0.2, -0.15) is 0 Å². The Balaban J connectivity index is 2.10. The van der Waals surface area contributed by atoms with Crippen molar-refractivity contribution in [1.29, 1.82) is 0 Å². The lowest BCUT2D eigenvalue weighted by atomic mass is 9.78. The molecule has 0 spiro atoms. The molecule has 1 aliphatic rings. The summed E-state index contributed by atoms with van der Waals surface area (Å²) in [5, 5.41) is 0.705. The van der Waals surface area contributed by atoms with Gasteiger partial charge >= 0.3 is 0 Å². The monoisotopic (exact) mass is 250 g/mol. The van der Waals surface area contributed by atoms with E-state index in [0.29, 0.717) is 17.2 Å². The van der Waals surface area contributed by atoms with Gasteiger partial charge in [0.15, 0.2) is 0 Å². The minimum absolute atomic E-state index is 0.165. The second kappa shape index (κ2) is 4.81. The van der Waals surface area contributed by atoms with Gasteiger partial charge in [0.25, 0.3) is 0 Å². The fourth-order valence-corrected chi connectivity index (χ4v) is 3.08. The molecule has 1 atom stereocenters. The Morgan fingerprint density at radius 1 is 1.41 bits per heavy atom. The van der Waals surface area contributed by atoms with Crippen molar-refractivity contribution < 1.29 is 4.79 Å². The highest BCUT2D eigenvalue weighted by Crippen LogP contribution is 2.43. The van der Waals surface area contributed by atoms with Gasteiger partial charge in [-0.1, -0.05) is 50.1 Å². The van der Waals surface area contributed by atoms with Crippen LogP contribution in [0.4, 0.5) is 0 Å². The van der Waals surface area contributed by atoms with Crippen molar-refractivity contribution in [3.63, 3.8) is 0 Å². The highest BCUT2D eigenvalue weighted by atomic mass is 35.5. The predicted octanol–water partition coefficient (Wildman–Crippen LogP) is 4.28. The van der Waals surface area contributed by atoms with Crippen LogP contribution in [0.2, 0.25) is 5.02 Å². The van der Waals surface area contributed by atoms with E-state index in [1.165, 1.54) is 6.42 Å². The molecule has 0 saturated heterocycles. The number of hydrogen-bond acceptors (Lipinski definition) is 1. The Kier molecular flexibility index (Phi) is 3.58. The molecule has 92 valence electrons. The summed E-state index contributed by atoms with van der Waals surface area (Å²) in [6.07, 6.45) is 3.85. The number of rotatable bonds is 3. The molecule has 1 saturated carbocycles. The van der Waals surface area contributed by atoms with Crippen molar-refractivity contribution in [2.45, 2.75) is 39.5 Å². The first kappa shape index (κ1) is 12.6. The van der Waals surface area contributed by atoms with E-state index in [1.54, 1.807) is 0 Å². The molecule has 2 rings (SSSR count). The molecule has 0 radical (unpaired) electrons. The molecule has 1 nitrogen and oxygen atoms in total. The molecular weight excluding hydrogens is 232 g/mol. The van der Waals surface area contributed by atoms with Crippen LogP contribution in [-0.2, 0) is 11.2 Å². The molecule has 0 N–H and O–H groups in total. The van der Waals surface area contributed by atoms with Gasteiger partial charge in [-0.15, -0.1) is 0 Å². The molecular formula is C15H19ClO. The fourth-order valence-electron chi connectivity index (χ4n) is 2.88. The molecule has 1 aliphatic carbocycles. The normalized spacial score (nSPS) is 22.6. The lowest BCUT2D eigenvalue weighted by Gasteiger charge is -2.25. The summed E-state index contributed by atoms with van der Waals surface area (Å²) in [5.74, 6) is 0.555. The third kappa shape index (κ3) is 2.71. The van der Waals surface area contributed by atoms with Crippen LogP contribution in [0.25, 0.3) is 0 Å². The van der Waals surface area contributed by atoms with E-state index in [9.17, 15) is 4.79 Å². The maximum absolute atomic E-state index is 12.3. The van der Waals surface area contributed by atoms with Crippen molar-refractivity contribution >= 4 is 17.4 Å². The van der Waals surface area contributed by atoms with Crippen molar-refractivity contribution in [1.82, 2.24) is 0 Å². The summed E-state index contributed by atoms with van der Waals surface area (Å²) >= 11 is 6.09. The first-order valence-corrected chi connectivity index (χ1v) is 6.64. The molecule has 1 unspecified atom stereocenters. The maximum atomic E-state index is 12.3. The third-order valence-electron chi connectivity index (χ3n) is 3.97. The molecule has 2 heteroatoms. The molecule has 1 fully saturated rings. The Morgan fingerprint density at radius 3 is 2.71 bits per heavy atom. The minimum atomic E-state index is 0.165. The van der Waals surface area contributed by atoms with Crippen molar-refractivity contribution in [3.8, 4) is 0 Å². The SMILES string of the molecule is CC1(C)CCCC1C(=O)Cc1ccccc1Cl. The lowest BCUT2D eigenvalue weighted by Crippen LogP contribution is -2.27. The molecule has 0 bridgehead atoms. The Morgan fingerprint density at radius 2 is 2.12 bits per heavy atom. The summed E-state index contributed by atoms with van der Waals surface area (Å²) < 4.78 is 0. The van der Waals surface area contributed by atoms with Crippen LogP contribution in [0.15, 0.2) is 24.3 Å². The van der Waals surface area contributed by atoms with E-state index in [0.717, 1.165) is 18.4 Å². The summed E-state index contributed by atoms with van der Waals surface area (Å²) in [5.41, 5.74) is 1.13. The van der Waals surface area contributed by atoms with Gasteiger partial charge in [-0.3, -0.25) is 4.79 Å². The van der Waals surface area contributed by atoms with E-state index < -0.39 is 0 Å². The molecule has 0 heterocycles. The number of hydrogen-bond donors (Lipinski definition) is 0. The number of ketones is 1. The van der Waals surface area contributed by atoms with Gasteiger partial charge < -0.3 is 0 Å². The number of benzene rings is 1. The average molecular weight is 251 g/mol. The van der Waals surface area contributed by atoms with E-state index in [-0.39, 0.29) is 11.3 Å². The average Bonchev–Trinajstić information content (AvgIpc) is 2.61. The van der Waals surface area contributed by atoms with Crippen LogP contribution >= 0.6 is 11.6 Å². The molecule has 17 heavy (non-hydrogen) atoms. The van der Waals surface area contributed by atoms with E-state index >= 15 is 0 Å². The summed E-state index contributed by atoms with van der Waals surface area (Å²) in [4.78, 5) is 12.3. The standard InChI is InChI=1S/C15H19ClO/c1-15(2)9-5-7-12(15)14(17)10-11-6-3-4-8-13(11)16/h3-4,6,8,12H,5,7,9-10H2,1-2H3. The molecule has 1 aromatic rings. The third-order valence-corrected chi connectivity index (χ3v) is 4.34. The van der Waals surface area contributed by atoms with Gasteiger partial charge in [0.05, 0.1) is 0 Å². The first-order valence-electron chi connectivity index (χ1n) is 6.27. The number of Topliss-reactive ketones (excluding diaryl/α,β-unsaturated/α-hetero) is 1. The van der Waals surface area contributed by atoms with Gasteiger partial charge in [0, 0.05) is 17.4 Å². The summed E-state index contributed by atoms with van der Waals surface area (Å²) in [6.45, 7) is 4.41. The highest BCUT2D eigenvalue weighted by molar-refractivity contribution is 6.31. The van der Waals surface area contributed by atoms with E-state index in [2.05, 4.69) is 13.8 Å². The molecule has 0 aliphatic heterocycles. The van der Waals surface area contributed by atoms with Crippen molar-refractivity contribution in [2.24, 2.45) is 11.3 Å². The Hall–Kier alpha value is -0.820. The summed E-state index contributed by atoms with van der Waals surface area (Å²) in [7, 11) is 0. The van der Waals surface area contributed by atoms with Gasteiger partial charge in [-0.05, 0) is 29.9 Å². The van der Waals surface area contributed by atoms with Crippen molar-refractivity contribution in [2.75, 3.05) is 0 Å². The van der Waals surface area contributed by atoms with Gasteiger partial charge in [-0.25, -0.2) is 0 Å². The fraction of sp³-hybridized carbons (Fsp3) is 0.533. The number of carbonyl (C=O) groups excluding carboxylic acids is 1. The number of carbonyl (C=O) groups is 1. The lowest BCUT2D eigenvalue weighted by molar-refractivity contribution is -0.124. The zero-order valence-corrected chi connectivity index (χ0v) is 11.3. The van der Waals surface area contributed by atoms with Crippen LogP contribution < -0.4 is 0 Å². The van der Waals surface area contributed by atoms with Crippen molar-refractivity contribution in [3.05, 3.63) is 34.9 Å². The minimum Gasteiger partial charge on any atom is -0.299 e. The largest absolute Gasteiger partial charge is 0.299 e. The number of halogens is 1. The molecule has 0 aromatic heterocycles. The topological polar surface area (TPSA) is 17.1 Å². The van der Waals surface area contributed by atoms with E-state index in [1.807, 2.05) is 24.3 Å². The second-order valence-corrected chi connectivity index (χ2v) is 6.08. The zero-order chi connectivity index (χ0) is 12.5. The smallest absolute Gasteiger partial charge is 0.140 e.